The summed E-state index contributed by atoms with van der Waals surface area (Å²) in [6.07, 6.45) is 11.9. The minimum Gasteiger partial charge on any atom is -0.435 e. The molecular weight excluding hydrogens is 400 g/mol. The zero-order valence-electron chi connectivity index (χ0n) is 20.7. The lowest BCUT2D eigenvalue weighted by Gasteiger charge is -2.52. The maximum Gasteiger partial charge on any atom is 0.508 e. The van der Waals surface area contributed by atoms with Gasteiger partial charge in [-0.25, -0.2) is 4.79 Å². The van der Waals surface area contributed by atoms with E-state index in [4.69, 9.17) is 9.47 Å². The van der Waals surface area contributed by atoms with Gasteiger partial charge in [-0.1, -0.05) is 57.6 Å². The van der Waals surface area contributed by atoms with Gasteiger partial charge < -0.3 is 9.47 Å². The molecule has 0 aliphatic heterocycles. The van der Waals surface area contributed by atoms with Crippen LogP contribution in [0.5, 0.6) is 0 Å². The highest BCUT2D eigenvalue weighted by Crippen LogP contribution is 2.66. The molecule has 2 saturated carbocycles. The highest BCUT2D eigenvalue weighted by molar-refractivity contribution is 6.01. The standard InChI is InChI=1S/C26H34O4.C2H6/c1-6-29-24(28)30-15-17(3)23-16(2)13-22-20-8-7-18-14-19(27)9-11-25(18,4)21(20)10-12-26(22,23)5;1-2/h9-11,14,16,20,22-23H,3,6-8,12-13,15H2,1-2,4-5H3;1-2H3/t16-,20?,22?,23?,25-,26-;/m0./s1. The van der Waals surface area contributed by atoms with Gasteiger partial charge in [0.15, 0.2) is 5.78 Å². The van der Waals surface area contributed by atoms with Crippen molar-refractivity contribution < 1.29 is 19.1 Å². The second kappa shape index (κ2) is 9.41. The highest BCUT2D eigenvalue weighted by atomic mass is 16.7. The third kappa shape index (κ3) is 4.02. The van der Waals surface area contributed by atoms with Crippen molar-refractivity contribution in [1.29, 1.82) is 0 Å². The molecule has 4 rings (SSSR count). The van der Waals surface area contributed by atoms with E-state index in [1.54, 1.807) is 13.0 Å². The van der Waals surface area contributed by atoms with Gasteiger partial charge in [0.25, 0.3) is 0 Å². The van der Waals surface area contributed by atoms with Gasteiger partial charge >= 0.3 is 6.16 Å². The zero-order chi connectivity index (χ0) is 23.7. The maximum absolute atomic E-state index is 11.9. The molecule has 0 aromatic heterocycles. The Labute approximate surface area is 193 Å². The van der Waals surface area contributed by atoms with Gasteiger partial charge in [-0.05, 0) is 86.3 Å². The van der Waals surface area contributed by atoms with Crippen LogP contribution in [0.4, 0.5) is 4.79 Å². The van der Waals surface area contributed by atoms with Crippen LogP contribution in [-0.2, 0) is 14.3 Å². The summed E-state index contributed by atoms with van der Waals surface area (Å²) in [6, 6.07) is 0. The fraction of sp³-hybridized carbons (Fsp3) is 0.643. The molecule has 4 aliphatic rings. The predicted molar refractivity (Wildman–Crippen MR) is 128 cm³/mol. The highest BCUT2D eigenvalue weighted by Gasteiger charge is 2.58. The molecule has 0 amide bonds. The van der Waals surface area contributed by atoms with Crippen molar-refractivity contribution in [3.8, 4) is 0 Å². The van der Waals surface area contributed by atoms with Crippen molar-refractivity contribution >= 4 is 11.9 Å². The van der Waals surface area contributed by atoms with Crippen LogP contribution in [0.1, 0.15) is 67.2 Å². The number of hydrogen-bond acceptors (Lipinski definition) is 4. The van der Waals surface area contributed by atoms with E-state index in [0.717, 1.165) is 24.8 Å². The van der Waals surface area contributed by atoms with Gasteiger partial charge in [0.1, 0.15) is 6.61 Å². The Kier molecular flexibility index (Phi) is 7.21. The topological polar surface area (TPSA) is 52.6 Å². The number of hydrogen-bond donors (Lipinski definition) is 0. The summed E-state index contributed by atoms with van der Waals surface area (Å²) in [5.74, 6) is 2.06. The van der Waals surface area contributed by atoms with E-state index in [-0.39, 0.29) is 23.2 Å². The van der Waals surface area contributed by atoms with E-state index in [9.17, 15) is 9.59 Å². The fourth-order valence-electron chi connectivity index (χ4n) is 7.16. The van der Waals surface area contributed by atoms with Crippen LogP contribution in [-0.4, -0.2) is 25.2 Å². The summed E-state index contributed by atoms with van der Waals surface area (Å²) >= 11 is 0. The van der Waals surface area contributed by atoms with E-state index < -0.39 is 6.16 Å². The van der Waals surface area contributed by atoms with Crippen molar-refractivity contribution in [2.75, 3.05) is 13.2 Å². The van der Waals surface area contributed by atoms with Crippen LogP contribution < -0.4 is 0 Å². The second-order valence-corrected chi connectivity index (χ2v) is 10.0. The van der Waals surface area contributed by atoms with E-state index in [0.29, 0.717) is 30.3 Å². The first-order valence-electron chi connectivity index (χ1n) is 12.3. The summed E-state index contributed by atoms with van der Waals surface area (Å²) < 4.78 is 10.2. The molecule has 0 saturated heterocycles. The van der Waals surface area contributed by atoms with E-state index >= 15 is 0 Å². The summed E-state index contributed by atoms with van der Waals surface area (Å²) in [7, 11) is 0. The van der Waals surface area contributed by atoms with Crippen LogP contribution in [0.25, 0.3) is 0 Å². The maximum atomic E-state index is 11.9. The number of carbonyl (C=O) groups excluding carboxylic acids is 2. The van der Waals surface area contributed by atoms with Crippen molar-refractivity contribution in [2.45, 2.75) is 67.2 Å². The molecule has 4 heteroatoms. The van der Waals surface area contributed by atoms with Gasteiger partial charge in [0.05, 0.1) is 6.61 Å². The third-order valence-corrected chi connectivity index (χ3v) is 8.37. The number of allylic oxidation sites excluding steroid dienone is 6. The van der Waals surface area contributed by atoms with Crippen molar-refractivity contribution in [2.24, 2.45) is 34.5 Å². The second-order valence-electron chi connectivity index (χ2n) is 10.0. The van der Waals surface area contributed by atoms with E-state index in [1.165, 1.54) is 17.6 Å². The quantitative estimate of drug-likeness (QED) is 0.355. The summed E-state index contributed by atoms with van der Waals surface area (Å²) in [5.41, 5.74) is 3.80. The first-order valence-corrected chi connectivity index (χ1v) is 12.3. The Morgan fingerprint density at radius 3 is 2.66 bits per heavy atom. The SMILES string of the molecule is C=C(COC(=O)OCC)C1[C@@H](C)CC2C3CCC4=CC(=O)C=C[C@]4(C)C3=CC[C@@]21C.CC. The van der Waals surface area contributed by atoms with Crippen LogP contribution in [0.3, 0.4) is 0 Å². The van der Waals surface area contributed by atoms with Gasteiger partial charge in [0.2, 0.25) is 0 Å². The summed E-state index contributed by atoms with van der Waals surface area (Å²) in [4.78, 5) is 23.6. The number of ketones is 1. The monoisotopic (exact) mass is 440 g/mol. The molecule has 2 fully saturated rings. The minimum absolute atomic E-state index is 0.108. The lowest BCUT2D eigenvalue weighted by atomic mass is 9.52. The zero-order valence-corrected chi connectivity index (χ0v) is 20.7. The minimum atomic E-state index is -0.616. The number of carbonyl (C=O) groups is 2. The molecule has 3 unspecified atom stereocenters. The smallest absolute Gasteiger partial charge is 0.435 e. The summed E-state index contributed by atoms with van der Waals surface area (Å²) in [5, 5.41) is 0. The molecule has 0 aromatic carbocycles. The van der Waals surface area contributed by atoms with Gasteiger partial charge in [-0.15, -0.1) is 0 Å². The molecule has 6 atom stereocenters. The molecule has 0 radical (unpaired) electrons. The molecular formula is C28H40O4. The molecule has 4 aliphatic carbocycles. The largest absolute Gasteiger partial charge is 0.508 e. The van der Waals surface area contributed by atoms with Crippen LogP contribution in [0, 0.1) is 34.5 Å². The Bertz CT molecular complexity index is 863. The molecule has 32 heavy (non-hydrogen) atoms. The van der Waals surface area contributed by atoms with Crippen molar-refractivity contribution in [3.63, 3.8) is 0 Å². The van der Waals surface area contributed by atoms with Crippen LogP contribution in [0.15, 0.2) is 47.6 Å². The molecule has 0 heterocycles. The molecule has 0 bridgehead atoms. The molecule has 4 nitrogen and oxygen atoms in total. The lowest BCUT2D eigenvalue weighted by Crippen LogP contribution is -2.44. The normalized spacial score (nSPS) is 37.0. The number of ether oxygens (including phenoxy) is 2. The van der Waals surface area contributed by atoms with Crippen LogP contribution >= 0.6 is 0 Å². The molecule has 0 spiro atoms. The first kappa shape index (κ1) is 24.5. The lowest BCUT2D eigenvalue weighted by molar-refractivity contribution is -0.110. The molecule has 0 N–H and O–H groups in total. The van der Waals surface area contributed by atoms with Gasteiger partial charge in [0, 0.05) is 5.41 Å². The van der Waals surface area contributed by atoms with Crippen molar-refractivity contribution in [3.05, 3.63) is 47.6 Å². The third-order valence-electron chi connectivity index (χ3n) is 8.37. The molecule has 176 valence electrons. The predicted octanol–water partition coefficient (Wildman–Crippen LogP) is 6.83. The van der Waals surface area contributed by atoms with Crippen molar-refractivity contribution in [1.82, 2.24) is 0 Å². The summed E-state index contributed by atoms with van der Waals surface area (Å²) in [6.45, 7) is 17.7. The first-order chi connectivity index (χ1) is 15.2. The number of rotatable bonds is 4. The van der Waals surface area contributed by atoms with Gasteiger partial charge in [-0.3, -0.25) is 4.79 Å². The van der Waals surface area contributed by atoms with Crippen LogP contribution in [0.2, 0.25) is 0 Å². The average molecular weight is 441 g/mol. The van der Waals surface area contributed by atoms with E-state index in [2.05, 4.69) is 39.5 Å². The number of fused-ring (bicyclic) bond motifs is 5. The Morgan fingerprint density at radius 2 is 1.97 bits per heavy atom. The molecule has 0 aromatic rings. The average Bonchev–Trinajstić information content (AvgIpc) is 3.04. The Hall–Kier alpha value is -2.10. The Morgan fingerprint density at radius 1 is 1.25 bits per heavy atom. The fourth-order valence-corrected chi connectivity index (χ4v) is 7.16. The van der Waals surface area contributed by atoms with Gasteiger partial charge in [-0.2, -0.15) is 0 Å². The Balaban J connectivity index is 0.00000141. The van der Waals surface area contributed by atoms with E-state index in [1.807, 2.05) is 19.9 Å².